The Kier molecular flexibility index (Phi) is 5.25. The molecule has 5 nitrogen and oxygen atoms in total. The van der Waals surface area contributed by atoms with Crippen molar-refractivity contribution >= 4 is 17.5 Å². The number of ether oxygens (including phenoxy) is 2. The summed E-state index contributed by atoms with van der Waals surface area (Å²) < 4.78 is 10.8. The van der Waals surface area contributed by atoms with Crippen molar-refractivity contribution in [3.8, 4) is 17.6 Å². The van der Waals surface area contributed by atoms with E-state index in [4.69, 9.17) is 9.47 Å². The predicted octanol–water partition coefficient (Wildman–Crippen LogP) is 4.13. The van der Waals surface area contributed by atoms with Crippen LogP contribution in [0, 0.1) is 16.7 Å². The van der Waals surface area contributed by atoms with Crippen LogP contribution < -0.4 is 14.8 Å². The van der Waals surface area contributed by atoms with Gasteiger partial charge in [0, 0.05) is 17.7 Å². The first kappa shape index (κ1) is 19.4. The zero-order chi connectivity index (χ0) is 19.8. The number of nitrogens with zero attached hydrogens (tertiary/aromatic N) is 1. The molecule has 0 aromatic heterocycles. The van der Waals surface area contributed by atoms with E-state index in [1.807, 2.05) is 24.5 Å². The number of dihydropyridines is 1. The fourth-order valence-corrected chi connectivity index (χ4v) is 4.51. The number of rotatable bonds is 4. The van der Waals surface area contributed by atoms with Crippen LogP contribution in [0.1, 0.15) is 38.2 Å². The van der Waals surface area contributed by atoms with Gasteiger partial charge in [-0.25, -0.2) is 0 Å². The van der Waals surface area contributed by atoms with Gasteiger partial charge in [0.25, 0.3) is 0 Å². The van der Waals surface area contributed by atoms with E-state index in [1.165, 1.54) is 11.8 Å². The zero-order valence-electron chi connectivity index (χ0n) is 16.3. The second kappa shape index (κ2) is 7.32. The van der Waals surface area contributed by atoms with E-state index >= 15 is 0 Å². The fourth-order valence-electron chi connectivity index (χ4n) is 3.90. The van der Waals surface area contributed by atoms with Gasteiger partial charge in [-0.15, -0.1) is 11.8 Å². The number of nitrogens with one attached hydrogen (secondary N) is 1. The van der Waals surface area contributed by atoms with E-state index in [0.29, 0.717) is 29.1 Å². The second-order valence-electron chi connectivity index (χ2n) is 7.56. The van der Waals surface area contributed by atoms with Gasteiger partial charge in [0.2, 0.25) is 0 Å². The summed E-state index contributed by atoms with van der Waals surface area (Å²) in [5, 5.41) is 14.1. The molecule has 0 unspecified atom stereocenters. The van der Waals surface area contributed by atoms with Crippen molar-refractivity contribution in [3.05, 3.63) is 45.6 Å². The third-order valence-electron chi connectivity index (χ3n) is 5.07. The molecule has 1 atom stereocenters. The number of carbonyl (C=O) groups excluding carboxylic acids is 1. The van der Waals surface area contributed by atoms with Crippen molar-refractivity contribution < 1.29 is 14.3 Å². The number of thioether (sulfide) groups is 1. The summed E-state index contributed by atoms with van der Waals surface area (Å²) in [5.41, 5.74) is 2.97. The molecule has 0 radical (unpaired) electrons. The number of nitriles is 1. The van der Waals surface area contributed by atoms with Crippen LogP contribution in [0.25, 0.3) is 0 Å². The standard InChI is InChI=1S/C21H24N2O3S/c1-21(2)9-14-19(15(24)10-21)18(13(11-22)20(23-14)27-5)12-6-7-16(25-3)17(8-12)26-4/h6-8,18,23H,9-10H2,1-5H3/t18-/m1/s1. The van der Waals surface area contributed by atoms with Crippen LogP contribution >= 0.6 is 11.8 Å². The van der Waals surface area contributed by atoms with Gasteiger partial charge in [0.15, 0.2) is 17.3 Å². The SMILES string of the molecule is COc1ccc([C@@H]2C(C#N)=C(SC)NC3=C2C(=O)CC(C)(C)C3)cc1OC. The summed E-state index contributed by atoms with van der Waals surface area (Å²) in [7, 11) is 3.17. The third kappa shape index (κ3) is 3.44. The van der Waals surface area contributed by atoms with Crippen molar-refractivity contribution in [3.63, 3.8) is 0 Å². The molecule has 0 spiro atoms. The number of benzene rings is 1. The Balaban J connectivity index is 2.21. The van der Waals surface area contributed by atoms with Gasteiger partial charge in [-0.1, -0.05) is 19.9 Å². The van der Waals surface area contributed by atoms with Crippen LogP contribution in [-0.4, -0.2) is 26.3 Å². The molecule has 142 valence electrons. The molecule has 0 bridgehead atoms. The van der Waals surface area contributed by atoms with E-state index < -0.39 is 5.92 Å². The highest BCUT2D eigenvalue weighted by Crippen LogP contribution is 2.48. The van der Waals surface area contributed by atoms with Gasteiger partial charge in [-0.05, 0) is 35.8 Å². The lowest BCUT2D eigenvalue weighted by atomic mass is 9.69. The Labute approximate surface area is 164 Å². The Morgan fingerprint density at radius 3 is 2.52 bits per heavy atom. The van der Waals surface area contributed by atoms with Crippen LogP contribution in [0.3, 0.4) is 0 Å². The van der Waals surface area contributed by atoms with E-state index in [1.54, 1.807) is 14.2 Å². The van der Waals surface area contributed by atoms with Gasteiger partial charge in [0.1, 0.15) is 0 Å². The fraction of sp³-hybridized carbons (Fsp3) is 0.429. The molecule has 0 saturated carbocycles. The minimum atomic E-state index is -0.392. The summed E-state index contributed by atoms with van der Waals surface area (Å²) in [5.74, 6) is 0.911. The lowest BCUT2D eigenvalue weighted by Crippen LogP contribution is -2.36. The van der Waals surface area contributed by atoms with Crippen molar-refractivity contribution in [1.29, 1.82) is 5.26 Å². The first-order chi connectivity index (χ1) is 12.8. The van der Waals surface area contributed by atoms with Crippen LogP contribution in [-0.2, 0) is 4.79 Å². The third-order valence-corrected chi connectivity index (χ3v) is 5.80. The summed E-state index contributed by atoms with van der Waals surface area (Å²) in [6.07, 6.45) is 3.19. The number of hydrogen-bond acceptors (Lipinski definition) is 6. The van der Waals surface area contributed by atoms with Crippen molar-refractivity contribution in [2.75, 3.05) is 20.5 Å². The van der Waals surface area contributed by atoms with E-state index in [-0.39, 0.29) is 11.2 Å². The molecule has 2 aliphatic rings. The molecular weight excluding hydrogens is 360 g/mol. The van der Waals surface area contributed by atoms with Gasteiger partial charge in [0.05, 0.1) is 36.8 Å². The Morgan fingerprint density at radius 2 is 1.93 bits per heavy atom. The van der Waals surface area contributed by atoms with Crippen molar-refractivity contribution in [2.24, 2.45) is 5.41 Å². The van der Waals surface area contributed by atoms with Gasteiger partial charge in [-0.3, -0.25) is 4.79 Å². The molecule has 0 saturated heterocycles. The minimum Gasteiger partial charge on any atom is -0.493 e. The number of Topliss-reactive ketones (excluding diaryl/α,β-unsaturated/α-hetero) is 1. The quantitative estimate of drug-likeness (QED) is 0.841. The maximum absolute atomic E-state index is 13.1. The number of carbonyl (C=O) groups is 1. The lowest BCUT2D eigenvalue weighted by molar-refractivity contribution is -0.118. The topological polar surface area (TPSA) is 71.3 Å². The Bertz CT molecular complexity index is 893. The average molecular weight is 385 g/mol. The summed E-state index contributed by atoms with van der Waals surface area (Å²) >= 11 is 1.50. The number of allylic oxidation sites excluding steroid dienone is 3. The molecule has 0 fully saturated rings. The molecule has 27 heavy (non-hydrogen) atoms. The Morgan fingerprint density at radius 1 is 1.22 bits per heavy atom. The Hall–Kier alpha value is -2.39. The second-order valence-corrected chi connectivity index (χ2v) is 8.38. The molecule has 3 rings (SSSR count). The van der Waals surface area contributed by atoms with Crippen LogP contribution in [0.4, 0.5) is 0 Å². The first-order valence-corrected chi connectivity index (χ1v) is 10.0. The van der Waals surface area contributed by atoms with Crippen LogP contribution in [0.15, 0.2) is 40.1 Å². The van der Waals surface area contributed by atoms with Crippen LogP contribution in [0.2, 0.25) is 0 Å². The lowest BCUT2D eigenvalue weighted by Gasteiger charge is -2.38. The van der Waals surface area contributed by atoms with Gasteiger partial charge in [-0.2, -0.15) is 5.26 Å². The molecular formula is C21H24N2O3S. The molecule has 1 aliphatic carbocycles. The largest absolute Gasteiger partial charge is 0.493 e. The number of methoxy groups -OCH3 is 2. The molecule has 0 amide bonds. The monoisotopic (exact) mass is 384 g/mol. The molecule has 1 aliphatic heterocycles. The predicted molar refractivity (Wildman–Crippen MR) is 107 cm³/mol. The normalized spacial score (nSPS) is 21.3. The van der Waals surface area contributed by atoms with E-state index in [2.05, 4.69) is 25.2 Å². The van der Waals surface area contributed by atoms with Crippen molar-refractivity contribution in [2.45, 2.75) is 32.6 Å². The maximum Gasteiger partial charge on any atom is 0.162 e. The molecule has 6 heteroatoms. The minimum absolute atomic E-state index is 0.0985. The highest BCUT2D eigenvalue weighted by molar-refractivity contribution is 8.02. The van der Waals surface area contributed by atoms with Gasteiger partial charge >= 0.3 is 0 Å². The molecule has 1 N–H and O–H groups in total. The highest BCUT2D eigenvalue weighted by atomic mass is 32.2. The average Bonchev–Trinajstić information content (AvgIpc) is 2.64. The van der Waals surface area contributed by atoms with E-state index in [9.17, 15) is 10.1 Å². The van der Waals surface area contributed by atoms with Crippen LogP contribution in [0.5, 0.6) is 11.5 Å². The van der Waals surface area contributed by atoms with E-state index in [0.717, 1.165) is 22.7 Å². The number of hydrogen-bond donors (Lipinski definition) is 1. The first-order valence-electron chi connectivity index (χ1n) is 8.78. The smallest absolute Gasteiger partial charge is 0.162 e. The van der Waals surface area contributed by atoms with Gasteiger partial charge < -0.3 is 14.8 Å². The summed E-state index contributed by atoms with van der Waals surface area (Å²) in [6.45, 7) is 4.20. The molecule has 1 aromatic carbocycles. The highest BCUT2D eigenvalue weighted by Gasteiger charge is 2.41. The zero-order valence-corrected chi connectivity index (χ0v) is 17.1. The summed E-state index contributed by atoms with van der Waals surface area (Å²) in [4.78, 5) is 13.1. The number of ketones is 1. The summed E-state index contributed by atoms with van der Waals surface area (Å²) in [6, 6.07) is 7.92. The molecule has 1 aromatic rings. The molecule has 1 heterocycles. The van der Waals surface area contributed by atoms with Crippen molar-refractivity contribution in [1.82, 2.24) is 5.32 Å². The maximum atomic E-state index is 13.1.